The second kappa shape index (κ2) is 7.90. The molecule has 5 nitrogen and oxygen atoms in total. The molecule has 2 aromatic rings. The highest BCUT2D eigenvalue weighted by molar-refractivity contribution is 8.26. The summed E-state index contributed by atoms with van der Waals surface area (Å²) in [4.78, 5) is 26.4. The maximum Gasteiger partial charge on any atom is 0.266 e. The smallest absolute Gasteiger partial charge is 0.266 e. The van der Waals surface area contributed by atoms with E-state index in [0.717, 1.165) is 11.8 Å². The van der Waals surface area contributed by atoms with Crippen molar-refractivity contribution < 1.29 is 14.7 Å². The van der Waals surface area contributed by atoms with Crippen LogP contribution in [0.5, 0.6) is 5.75 Å². The summed E-state index contributed by atoms with van der Waals surface area (Å²) in [6.45, 7) is -0.237. The molecule has 132 valence electrons. The minimum Gasteiger partial charge on any atom is -0.506 e. The van der Waals surface area contributed by atoms with E-state index < -0.39 is 5.91 Å². The van der Waals surface area contributed by atoms with Gasteiger partial charge >= 0.3 is 0 Å². The van der Waals surface area contributed by atoms with Gasteiger partial charge in [-0.25, -0.2) is 0 Å². The van der Waals surface area contributed by atoms with Gasteiger partial charge in [0.15, 0.2) is 0 Å². The fourth-order valence-corrected chi connectivity index (χ4v) is 3.72. The number of halogens is 1. The SMILES string of the molecule is O=C(CN1C(=O)C(=Cc2ccccc2Cl)SC1=S)Nc1ccccc1O. The monoisotopic (exact) mass is 404 g/mol. The number of carbonyl (C=O) groups excluding carboxylic acids is 2. The lowest BCUT2D eigenvalue weighted by Gasteiger charge is -2.14. The number of phenols is 1. The first-order valence-corrected chi connectivity index (χ1v) is 9.13. The van der Waals surface area contributed by atoms with Crippen molar-refractivity contribution in [3.8, 4) is 5.75 Å². The molecule has 0 spiro atoms. The van der Waals surface area contributed by atoms with Gasteiger partial charge in [-0.2, -0.15) is 0 Å². The Morgan fingerprint density at radius 3 is 2.65 bits per heavy atom. The molecule has 0 bridgehead atoms. The van der Waals surface area contributed by atoms with E-state index in [1.54, 1.807) is 42.5 Å². The Bertz CT molecular complexity index is 930. The Hall–Kier alpha value is -2.35. The zero-order chi connectivity index (χ0) is 18.7. The van der Waals surface area contributed by atoms with Gasteiger partial charge in [0.1, 0.15) is 16.6 Å². The number of thiocarbonyl (C=S) groups is 1. The molecular weight excluding hydrogens is 392 g/mol. The molecule has 0 aliphatic carbocycles. The van der Waals surface area contributed by atoms with Gasteiger partial charge in [0.25, 0.3) is 5.91 Å². The first-order chi connectivity index (χ1) is 12.5. The molecule has 1 fully saturated rings. The summed E-state index contributed by atoms with van der Waals surface area (Å²) in [6, 6.07) is 13.5. The summed E-state index contributed by atoms with van der Waals surface area (Å²) in [5.74, 6) is -0.862. The van der Waals surface area contributed by atoms with Crippen LogP contribution in [0.15, 0.2) is 53.4 Å². The lowest BCUT2D eigenvalue weighted by atomic mass is 10.2. The van der Waals surface area contributed by atoms with Crippen molar-refractivity contribution in [2.75, 3.05) is 11.9 Å². The summed E-state index contributed by atoms with van der Waals surface area (Å²) >= 11 is 12.4. The van der Waals surface area contributed by atoms with Crippen LogP contribution in [0, 0.1) is 0 Å². The number of hydrogen-bond donors (Lipinski definition) is 2. The highest BCUT2D eigenvalue weighted by atomic mass is 35.5. The maximum atomic E-state index is 12.6. The van der Waals surface area contributed by atoms with Crippen molar-refractivity contribution in [1.29, 1.82) is 0 Å². The molecule has 3 rings (SSSR count). The first-order valence-electron chi connectivity index (χ1n) is 7.53. The van der Waals surface area contributed by atoms with Crippen molar-refractivity contribution in [3.05, 3.63) is 64.0 Å². The van der Waals surface area contributed by atoms with E-state index >= 15 is 0 Å². The van der Waals surface area contributed by atoms with Gasteiger partial charge in [0, 0.05) is 5.02 Å². The second-order valence-corrected chi connectivity index (χ2v) is 7.44. The molecular formula is C18H13ClN2O3S2. The average molecular weight is 405 g/mol. The third-order valence-electron chi connectivity index (χ3n) is 3.55. The van der Waals surface area contributed by atoms with Crippen molar-refractivity contribution in [2.24, 2.45) is 0 Å². The molecule has 0 saturated carbocycles. The van der Waals surface area contributed by atoms with Gasteiger partial charge in [-0.15, -0.1) is 0 Å². The second-order valence-electron chi connectivity index (χ2n) is 5.35. The molecule has 2 amide bonds. The average Bonchev–Trinajstić information content (AvgIpc) is 2.86. The fourth-order valence-electron chi connectivity index (χ4n) is 2.28. The van der Waals surface area contributed by atoms with Crippen molar-refractivity contribution in [2.45, 2.75) is 0 Å². The number of para-hydroxylation sites is 2. The van der Waals surface area contributed by atoms with Crippen LogP contribution < -0.4 is 5.32 Å². The highest BCUT2D eigenvalue weighted by Gasteiger charge is 2.33. The van der Waals surface area contributed by atoms with Gasteiger partial charge in [-0.05, 0) is 29.8 Å². The van der Waals surface area contributed by atoms with Crippen LogP contribution in [-0.4, -0.2) is 32.7 Å². The number of thioether (sulfide) groups is 1. The summed E-state index contributed by atoms with van der Waals surface area (Å²) in [7, 11) is 0. The van der Waals surface area contributed by atoms with E-state index in [9.17, 15) is 14.7 Å². The van der Waals surface area contributed by atoms with Crippen LogP contribution in [0.4, 0.5) is 5.69 Å². The lowest BCUT2D eigenvalue weighted by molar-refractivity contribution is -0.126. The summed E-state index contributed by atoms with van der Waals surface area (Å²) in [5, 5.41) is 12.8. The predicted molar refractivity (Wildman–Crippen MR) is 108 cm³/mol. The normalized spacial score (nSPS) is 15.6. The molecule has 0 atom stereocenters. The minimum atomic E-state index is -0.457. The quantitative estimate of drug-likeness (QED) is 0.459. The Kier molecular flexibility index (Phi) is 5.61. The van der Waals surface area contributed by atoms with Crippen molar-refractivity contribution in [1.82, 2.24) is 4.90 Å². The van der Waals surface area contributed by atoms with Crippen LogP contribution in [0.1, 0.15) is 5.56 Å². The van der Waals surface area contributed by atoms with Gasteiger partial charge in [-0.1, -0.05) is 65.9 Å². The zero-order valence-corrected chi connectivity index (χ0v) is 15.7. The third-order valence-corrected chi connectivity index (χ3v) is 5.27. The topological polar surface area (TPSA) is 69.6 Å². The van der Waals surface area contributed by atoms with Crippen molar-refractivity contribution in [3.63, 3.8) is 0 Å². The van der Waals surface area contributed by atoms with E-state index in [1.165, 1.54) is 11.0 Å². The number of carbonyl (C=O) groups is 2. The number of anilines is 1. The van der Waals surface area contributed by atoms with Gasteiger partial charge in [0.2, 0.25) is 5.91 Å². The molecule has 1 heterocycles. The Balaban J connectivity index is 1.72. The van der Waals surface area contributed by atoms with Gasteiger partial charge < -0.3 is 10.4 Å². The van der Waals surface area contributed by atoms with Crippen molar-refractivity contribution >= 4 is 63.5 Å². The Labute approximate surface area is 164 Å². The molecule has 8 heteroatoms. The highest BCUT2D eigenvalue weighted by Crippen LogP contribution is 2.33. The Morgan fingerprint density at radius 1 is 1.23 bits per heavy atom. The van der Waals surface area contributed by atoms with Crippen LogP contribution in [-0.2, 0) is 9.59 Å². The zero-order valence-electron chi connectivity index (χ0n) is 13.3. The number of phenolic OH excluding ortho intramolecular Hbond substituents is 1. The largest absolute Gasteiger partial charge is 0.506 e. The van der Waals surface area contributed by atoms with E-state index in [2.05, 4.69) is 5.32 Å². The molecule has 1 aliphatic heterocycles. The molecule has 26 heavy (non-hydrogen) atoms. The molecule has 1 aliphatic rings. The van der Waals surface area contributed by atoms with Crippen LogP contribution in [0.3, 0.4) is 0 Å². The summed E-state index contributed by atoms with van der Waals surface area (Å²) < 4.78 is 0.292. The number of nitrogens with one attached hydrogen (secondary N) is 1. The van der Waals surface area contributed by atoms with E-state index in [1.807, 2.05) is 6.07 Å². The van der Waals surface area contributed by atoms with Gasteiger partial charge in [0.05, 0.1) is 10.6 Å². The molecule has 2 aromatic carbocycles. The standard InChI is InChI=1S/C18H13ClN2O3S2/c19-12-6-2-1-5-11(12)9-15-17(24)21(18(25)26-15)10-16(23)20-13-7-3-4-8-14(13)22/h1-9,22H,10H2,(H,20,23). The number of nitrogens with zero attached hydrogens (tertiary/aromatic N) is 1. The summed E-state index contributed by atoms with van der Waals surface area (Å²) in [6.07, 6.45) is 1.66. The number of hydrogen-bond acceptors (Lipinski definition) is 5. The van der Waals surface area contributed by atoms with Crippen LogP contribution in [0.2, 0.25) is 5.02 Å². The molecule has 1 saturated heterocycles. The molecule has 0 unspecified atom stereocenters. The minimum absolute atomic E-state index is 0.0511. The van der Waals surface area contributed by atoms with E-state index in [4.69, 9.17) is 23.8 Å². The third kappa shape index (κ3) is 4.07. The number of aromatic hydroxyl groups is 1. The molecule has 0 aromatic heterocycles. The first kappa shape index (κ1) is 18.4. The molecule has 0 radical (unpaired) electrons. The van der Waals surface area contributed by atoms with Crippen LogP contribution in [0.25, 0.3) is 6.08 Å². The molecule has 2 N–H and O–H groups in total. The number of amides is 2. The maximum absolute atomic E-state index is 12.6. The number of benzene rings is 2. The van der Waals surface area contributed by atoms with E-state index in [-0.39, 0.29) is 23.9 Å². The van der Waals surface area contributed by atoms with Crippen LogP contribution >= 0.6 is 35.6 Å². The predicted octanol–water partition coefficient (Wildman–Crippen LogP) is 3.89. The fraction of sp³-hybridized carbons (Fsp3) is 0.0556. The van der Waals surface area contributed by atoms with E-state index in [0.29, 0.717) is 19.8 Å². The Morgan fingerprint density at radius 2 is 1.92 bits per heavy atom. The summed E-state index contributed by atoms with van der Waals surface area (Å²) in [5.41, 5.74) is 0.975. The van der Waals surface area contributed by atoms with Gasteiger partial charge in [-0.3, -0.25) is 14.5 Å². The lowest BCUT2D eigenvalue weighted by Crippen LogP contribution is -2.36. The number of rotatable bonds is 4.